The van der Waals surface area contributed by atoms with Crippen molar-refractivity contribution < 1.29 is 23.8 Å². The van der Waals surface area contributed by atoms with E-state index in [-0.39, 0.29) is 25.2 Å². The molecule has 0 bridgehead atoms. The van der Waals surface area contributed by atoms with E-state index in [1.807, 2.05) is 0 Å². The van der Waals surface area contributed by atoms with E-state index in [0.29, 0.717) is 19.4 Å². The van der Waals surface area contributed by atoms with Crippen LogP contribution in [0.3, 0.4) is 0 Å². The van der Waals surface area contributed by atoms with E-state index in [1.165, 1.54) is 96.3 Å². The third-order valence-corrected chi connectivity index (χ3v) is 11.1. The van der Waals surface area contributed by atoms with Crippen LogP contribution in [0.15, 0.2) is 97.2 Å². The maximum atomic E-state index is 12.8. The Balaban J connectivity index is 4.30. The number of allylic oxidation sites excluding steroid dienone is 16. The summed E-state index contributed by atoms with van der Waals surface area (Å²) in [4.78, 5) is 25.4. The Labute approximate surface area is 396 Å². The Morgan fingerprint density at radius 3 is 1.12 bits per heavy atom. The molecule has 5 nitrogen and oxygen atoms in total. The van der Waals surface area contributed by atoms with Crippen LogP contribution in [0.1, 0.15) is 239 Å². The minimum atomic E-state index is -0.555. The van der Waals surface area contributed by atoms with Gasteiger partial charge in [-0.25, -0.2) is 0 Å². The van der Waals surface area contributed by atoms with Crippen LogP contribution in [0.5, 0.6) is 0 Å². The van der Waals surface area contributed by atoms with Gasteiger partial charge in [0, 0.05) is 19.4 Å². The number of hydrogen-bond acceptors (Lipinski definition) is 5. The molecule has 0 saturated heterocycles. The standard InChI is InChI=1S/C59H100O5/c1-4-7-10-13-16-19-22-24-26-28-29-30-32-34-36-39-42-45-48-51-54-62-55-57(64-59(61)53-50-47-44-41-37-21-18-15-12-9-6-3)56-63-58(60)52-49-46-43-40-38-35-33-31-27-25-23-20-17-14-11-8-5-2/h7-8,10-11,16-17,19-20,24-27,29-30,33,35,57H,4-6,9,12-15,18,21-23,28,31-32,34,36-56H2,1-3H3/b10-7-,11-8-,19-16-,20-17-,26-24-,27-25-,30-29-,35-33-. The summed E-state index contributed by atoms with van der Waals surface area (Å²) in [6.45, 7) is 7.55. The van der Waals surface area contributed by atoms with Crippen molar-refractivity contribution in [3.8, 4) is 0 Å². The van der Waals surface area contributed by atoms with Crippen molar-refractivity contribution in [1.29, 1.82) is 0 Å². The van der Waals surface area contributed by atoms with Crippen molar-refractivity contribution in [1.82, 2.24) is 0 Å². The molecule has 5 heteroatoms. The quantitative estimate of drug-likeness (QED) is 0.0346. The van der Waals surface area contributed by atoms with Gasteiger partial charge in [0.25, 0.3) is 0 Å². The van der Waals surface area contributed by atoms with Gasteiger partial charge in [-0.3, -0.25) is 9.59 Å². The minimum Gasteiger partial charge on any atom is -0.462 e. The zero-order valence-corrected chi connectivity index (χ0v) is 42.0. The first-order valence-corrected chi connectivity index (χ1v) is 26.8. The van der Waals surface area contributed by atoms with Gasteiger partial charge in [-0.1, -0.05) is 227 Å². The molecule has 0 rings (SSSR count). The summed E-state index contributed by atoms with van der Waals surface area (Å²) >= 11 is 0. The number of ether oxygens (including phenoxy) is 3. The van der Waals surface area contributed by atoms with Gasteiger partial charge in [0.1, 0.15) is 6.61 Å². The van der Waals surface area contributed by atoms with Crippen LogP contribution in [0, 0.1) is 0 Å². The van der Waals surface area contributed by atoms with E-state index in [1.54, 1.807) is 0 Å². The van der Waals surface area contributed by atoms with Crippen LogP contribution in [0.2, 0.25) is 0 Å². The Kier molecular flexibility index (Phi) is 51.5. The fraction of sp³-hybridized carbons (Fsp3) is 0.695. The summed E-state index contributed by atoms with van der Waals surface area (Å²) < 4.78 is 17.4. The Bertz CT molecular complexity index is 1230. The fourth-order valence-corrected chi connectivity index (χ4v) is 7.20. The third-order valence-electron chi connectivity index (χ3n) is 11.1. The van der Waals surface area contributed by atoms with Crippen LogP contribution in [0.25, 0.3) is 0 Å². The van der Waals surface area contributed by atoms with Crippen molar-refractivity contribution in [2.75, 3.05) is 19.8 Å². The topological polar surface area (TPSA) is 61.8 Å². The predicted octanol–water partition coefficient (Wildman–Crippen LogP) is 18.2. The molecule has 0 aromatic carbocycles. The van der Waals surface area contributed by atoms with Gasteiger partial charge in [0.05, 0.1) is 6.61 Å². The average molecular weight is 889 g/mol. The second-order valence-corrected chi connectivity index (χ2v) is 17.4. The second kappa shape index (κ2) is 54.2. The Hall–Kier alpha value is -3.18. The normalized spacial score (nSPS) is 13.0. The van der Waals surface area contributed by atoms with Crippen LogP contribution in [0.4, 0.5) is 0 Å². The molecular weight excluding hydrogens is 789 g/mol. The lowest BCUT2D eigenvalue weighted by Crippen LogP contribution is -2.30. The highest BCUT2D eigenvalue weighted by molar-refractivity contribution is 5.70. The number of rotatable bonds is 48. The predicted molar refractivity (Wildman–Crippen MR) is 279 cm³/mol. The lowest BCUT2D eigenvalue weighted by atomic mass is 10.1. The highest BCUT2D eigenvalue weighted by Crippen LogP contribution is 2.14. The number of hydrogen-bond donors (Lipinski definition) is 0. The lowest BCUT2D eigenvalue weighted by Gasteiger charge is -2.18. The molecule has 0 aliphatic carbocycles. The monoisotopic (exact) mass is 889 g/mol. The largest absolute Gasteiger partial charge is 0.462 e. The van der Waals surface area contributed by atoms with Crippen molar-refractivity contribution in [3.05, 3.63) is 97.2 Å². The summed E-state index contributed by atoms with van der Waals surface area (Å²) in [5.74, 6) is -0.431. The maximum Gasteiger partial charge on any atom is 0.306 e. The molecule has 0 amide bonds. The first kappa shape index (κ1) is 60.8. The molecular formula is C59H100O5. The summed E-state index contributed by atoms with van der Waals surface area (Å²) in [6, 6.07) is 0. The van der Waals surface area contributed by atoms with Gasteiger partial charge in [-0.2, -0.15) is 0 Å². The molecule has 0 spiro atoms. The minimum absolute atomic E-state index is 0.0651. The van der Waals surface area contributed by atoms with Gasteiger partial charge < -0.3 is 14.2 Å². The smallest absolute Gasteiger partial charge is 0.306 e. The molecule has 0 radical (unpaired) electrons. The lowest BCUT2D eigenvalue weighted by molar-refractivity contribution is -0.163. The molecule has 0 aliphatic rings. The van der Waals surface area contributed by atoms with E-state index in [2.05, 4.69) is 118 Å². The molecule has 366 valence electrons. The van der Waals surface area contributed by atoms with Crippen LogP contribution >= 0.6 is 0 Å². The fourth-order valence-electron chi connectivity index (χ4n) is 7.20. The zero-order valence-electron chi connectivity index (χ0n) is 42.0. The van der Waals surface area contributed by atoms with Crippen molar-refractivity contribution in [2.24, 2.45) is 0 Å². The van der Waals surface area contributed by atoms with E-state index in [0.717, 1.165) is 109 Å². The maximum absolute atomic E-state index is 12.8. The van der Waals surface area contributed by atoms with Crippen LogP contribution in [-0.2, 0) is 23.8 Å². The van der Waals surface area contributed by atoms with Crippen molar-refractivity contribution in [3.63, 3.8) is 0 Å². The summed E-state index contributed by atoms with van der Waals surface area (Å²) in [7, 11) is 0. The average Bonchev–Trinajstić information content (AvgIpc) is 3.30. The van der Waals surface area contributed by atoms with Gasteiger partial charge in [-0.15, -0.1) is 0 Å². The van der Waals surface area contributed by atoms with Crippen LogP contribution < -0.4 is 0 Å². The van der Waals surface area contributed by atoms with Gasteiger partial charge in [0.15, 0.2) is 6.10 Å². The number of carbonyl (C=O) groups is 2. The third kappa shape index (κ3) is 51.5. The molecule has 0 heterocycles. The summed E-state index contributed by atoms with van der Waals surface area (Å²) in [6.07, 6.45) is 72.7. The summed E-state index contributed by atoms with van der Waals surface area (Å²) in [5, 5.41) is 0. The van der Waals surface area contributed by atoms with Gasteiger partial charge in [-0.05, 0) is 96.3 Å². The van der Waals surface area contributed by atoms with E-state index >= 15 is 0 Å². The molecule has 0 aromatic heterocycles. The molecule has 0 saturated carbocycles. The van der Waals surface area contributed by atoms with E-state index < -0.39 is 6.10 Å². The number of unbranched alkanes of at least 4 members (excludes halogenated alkanes) is 21. The first-order chi connectivity index (χ1) is 31.6. The van der Waals surface area contributed by atoms with Crippen molar-refractivity contribution in [2.45, 2.75) is 245 Å². The molecule has 1 atom stereocenters. The molecule has 1 unspecified atom stereocenters. The molecule has 0 aromatic rings. The molecule has 64 heavy (non-hydrogen) atoms. The van der Waals surface area contributed by atoms with Crippen molar-refractivity contribution >= 4 is 11.9 Å². The van der Waals surface area contributed by atoms with Gasteiger partial charge >= 0.3 is 11.9 Å². The molecule has 0 aliphatic heterocycles. The zero-order chi connectivity index (χ0) is 46.3. The first-order valence-electron chi connectivity index (χ1n) is 26.8. The Morgan fingerprint density at radius 2 is 0.703 bits per heavy atom. The number of carbonyl (C=O) groups excluding carboxylic acids is 2. The van der Waals surface area contributed by atoms with Gasteiger partial charge in [0.2, 0.25) is 0 Å². The molecule has 0 fully saturated rings. The molecule has 0 N–H and O–H groups in total. The number of esters is 2. The van der Waals surface area contributed by atoms with E-state index in [4.69, 9.17) is 14.2 Å². The Morgan fingerprint density at radius 1 is 0.359 bits per heavy atom. The highest BCUT2D eigenvalue weighted by atomic mass is 16.6. The van der Waals surface area contributed by atoms with Crippen LogP contribution in [-0.4, -0.2) is 37.9 Å². The summed E-state index contributed by atoms with van der Waals surface area (Å²) in [5.41, 5.74) is 0. The highest BCUT2D eigenvalue weighted by Gasteiger charge is 2.17. The second-order valence-electron chi connectivity index (χ2n) is 17.4. The van der Waals surface area contributed by atoms with E-state index in [9.17, 15) is 9.59 Å². The SMILES string of the molecule is CC/C=C\C/C=C\C/C=C\C/C=C\CCCCCCCCCOCC(COC(=O)CCCCCC/C=C\C/C=C\C/C=C\C/C=C\CC)OC(=O)CCCCCCCCCCCCC.